The van der Waals surface area contributed by atoms with Gasteiger partial charge in [0.25, 0.3) is 0 Å². The molecular weight excluding hydrogens is 362 g/mol. The quantitative estimate of drug-likeness (QED) is 0.610. The highest BCUT2D eigenvalue weighted by atomic mass is 35.5. The monoisotopic (exact) mass is 381 g/mol. The van der Waals surface area contributed by atoms with E-state index in [0.29, 0.717) is 40.4 Å². The predicted octanol–water partition coefficient (Wildman–Crippen LogP) is 4.51. The van der Waals surface area contributed by atoms with Crippen molar-refractivity contribution in [1.29, 1.82) is 0 Å². The maximum atomic E-state index is 12.7. The van der Waals surface area contributed by atoms with Gasteiger partial charge in [0.15, 0.2) is 11.2 Å². The number of benzene rings is 2. The molecule has 0 aliphatic carbocycles. The summed E-state index contributed by atoms with van der Waals surface area (Å²) >= 11 is 6.25. The molecule has 0 amide bonds. The molecule has 4 rings (SSSR count). The highest BCUT2D eigenvalue weighted by molar-refractivity contribution is 6.34. The summed E-state index contributed by atoms with van der Waals surface area (Å²) in [6.45, 7) is 2.65. The van der Waals surface area contributed by atoms with Crippen LogP contribution >= 0.6 is 11.6 Å². The Morgan fingerprint density at radius 2 is 2.00 bits per heavy atom. The zero-order valence-corrected chi connectivity index (χ0v) is 15.6. The normalized spacial score (nSPS) is 17.4. The molecule has 5 heteroatoms. The van der Waals surface area contributed by atoms with Crippen LogP contribution in [0.3, 0.4) is 0 Å². The number of rotatable bonds is 5. The molecule has 1 unspecified atom stereocenters. The van der Waals surface area contributed by atoms with Crippen molar-refractivity contribution in [2.75, 3.05) is 19.6 Å². The Kier molecular flexibility index (Phi) is 5.10. The Morgan fingerprint density at radius 3 is 2.81 bits per heavy atom. The van der Waals surface area contributed by atoms with Gasteiger partial charge < -0.3 is 9.32 Å². The molecule has 1 fully saturated rings. The van der Waals surface area contributed by atoms with Gasteiger partial charge in [0.05, 0.1) is 16.7 Å². The average molecular weight is 382 g/mol. The minimum atomic E-state index is -0.174. The predicted molar refractivity (Wildman–Crippen MR) is 107 cm³/mol. The summed E-state index contributed by atoms with van der Waals surface area (Å²) in [5.74, 6) is 0.475. The Morgan fingerprint density at radius 1 is 1.19 bits per heavy atom. The van der Waals surface area contributed by atoms with Gasteiger partial charge in [-0.25, -0.2) is 0 Å². The van der Waals surface area contributed by atoms with Crippen molar-refractivity contribution in [3.8, 4) is 0 Å². The second-order valence-electron chi connectivity index (χ2n) is 6.98. The number of ketones is 1. The van der Waals surface area contributed by atoms with Crippen molar-refractivity contribution >= 4 is 28.4 Å². The Labute approximate surface area is 162 Å². The van der Waals surface area contributed by atoms with E-state index in [1.54, 1.807) is 12.1 Å². The molecule has 2 aromatic carbocycles. The molecule has 0 saturated carbocycles. The molecule has 1 atom stereocenters. The molecule has 0 spiro atoms. The fraction of sp³-hybridized carbons (Fsp3) is 0.273. The van der Waals surface area contributed by atoms with Crippen LogP contribution in [-0.4, -0.2) is 30.3 Å². The summed E-state index contributed by atoms with van der Waals surface area (Å²) < 4.78 is 5.30. The largest absolute Gasteiger partial charge is 0.464 e. The first-order valence-corrected chi connectivity index (χ1v) is 9.51. The molecule has 27 heavy (non-hydrogen) atoms. The van der Waals surface area contributed by atoms with Gasteiger partial charge in [0.1, 0.15) is 5.58 Å². The van der Waals surface area contributed by atoms with Crippen LogP contribution in [0.2, 0.25) is 5.02 Å². The Hall–Kier alpha value is -2.43. The van der Waals surface area contributed by atoms with Crippen molar-refractivity contribution in [2.45, 2.75) is 18.8 Å². The van der Waals surface area contributed by atoms with Gasteiger partial charge >= 0.3 is 0 Å². The zero-order valence-electron chi connectivity index (χ0n) is 14.9. The summed E-state index contributed by atoms with van der Waals surface area (Å²) in [4.78, 5) is 27.0. The van der Waals surface area contributed by atoms with Crippen LogP contribution in [0.4, 0.5) is 0 Å². The number of carbonyl (C=O) groups excluding carboxylic acids is 1. The van der Waals surface area contributed by atoms with Crippen molar-refractivity contribution < 1.29 is 9.21 Å². The van der Waals surface area contributed by atoms with E-state index in [-0.39, 0.29) is 11.2 Å². The number of Topliss-reactive ketones (excluding diaryl/α,β-unsaturated/α-hetero) is 1. The molecular formula is C22H20ClNO3. The SMILES string of the molecule is O=C(CCN1CCC(c2ccccc2)C1)c1cc2c(=O)ccoc2cc1Cl. The summed E-state index contributed by atoms with van der Waals surface area (Å²) in [7, 11) is 0. The summed E-state index contributed by atoms with van der Waals surface area (Å²) in [5.41, 5.74) is 1.97. The fourth-order valence-corrected chi connectivity index (χ4v) is 4.00. The first-order valence-electron chi connectivity index (χ1n) is 9.13. The lowest BCUT2D eigenvalue weighted by Gasteiger charge is -2.16. The lowest BCUT2D eigenvalue weighted by Crippen LogP contribution is -2.23. The van der Waals surface area contributed by atoms with Crippen molar-refractivity contribution in [2.24, 2.45) is 0 Å². The van der Waals surface area contributed by atoms with Crippen LogP contribution in [0, 0.1) is 0 Å². The molecule has 0 radical (unpaired) electrons. The van der Waals surface area contributed by atoms with E-state index in [9.17, 15) is 9.59 Å². The van der Waals surface area contributed by atoms with E-state index < -0.39 is 0 Å². The summed E-state index contributed by atoms with van der Waals surface area (Å²) in [6.07, 6.45) is 2.82. The molecule has 1 aliphatic rings. The third-order valence-electron chi connectivity index (χ3n) is 5.25. The van der Waals surface area contributed by atoms with E-state index in [2.05, 4.69) is 29.2 Å². The van der Waals surface area contributed by atoms with Crippen LogP contribution in [-0.2, 0) is 0 Å². The number of likely N-dealkylation sites (tertiary alicyclic amines) is 1. The Balaban J connectivity index is 1.43. The lowest BCUT2D eigenvalue weighted by atomic mass is 9.99. The van der Waals surface area contributed by atoms with Gasteiger partial charge in [-0.2, -0.15) is 0 Å². The van der Waals surface area contributed by atoms with E-state index in [1.807, 2.05) is 6.07 Å². The van der Waals surface area contributed by atoms with Crippen LogP contribution in [0.25, 0.3) is 11.0 Å². The van der Waals surface area contributed by atoms with Gasteiger partial charge in [0.2, 0.25) is 0 Å². The lowest BCUT2D eigenvalue weighted by molar-refractivity contribution is 0.0969. The first kappa shape index (κ1) is 18.0. The topological polar surface area (TPSA) is 50.5 Å². The zero-order chi connectivity index (χ0) is 18.8. The van der Waals surface area contributed by atoms with Gasteiger partial charge in [-0.3, -0.25) is 9.59 Å². The third-order valence-corrected chi connectivity index (χ3v) is 5.56. The second kappa shape index (κ2) is 7.67. The smallest absolute Gasteiger partial charge is 0.192 e. The molecule has 138 valence electrons. The first-order chi connectivity index (χ1) is 13.1. The highest BCUT2D eigenvalue weighted by Gasteiger charge is 2.24. The number of hydrogen-bond acceptors (Lipinski definition) is 4. The van der Waals surface area contributed by atoms with Crippen LogP contribution in [0.15, 0.2) is 64.0 Å². The maximum Gasteiger partial charge on any atom is 0.192 e. The number of nitrogens with zero attached hydrogens (tertiary/aromatic N) is 1. The maximum absolute atomic E-state index is 12.7. The Bertz CT molecular complexity index is 1030. The van der Waals surface area contributed by atoms with Crippen LogP contribution < -0.4 is 5.43 Å². The standard InChI is InChI=1S/C22H20ClNO3/c23-19-13-22-18(21(26)8-11-27-22)12-17(19)20(25)7-10-24-9-6-16(14-24)15-4-2-1-3-5-15/h1-5,8,11-13,16H,6-7,9-10,14H2. The molecule has 0 bridgehead atoms. The molecule has 2 heterocycles. The number of hydrogen-bond donors (Lipinski definition) is 0. The van der Waals surface area contributed by atoms with Crippen molar-refractivity contribution in [3.05, 3.63) is 81.2 Å². The summed E-state index contributed by atoms with van der Waals surface area (Å²) in [5, 5.41) is 0.709. The second-order valence-corrected chi connectivity index (χ2v) is 7.39. The van der Waals surface area contributed by atoms with Crippen molar-refractivity contribution in [1.82, 2.24) is 4.90 Å². The third kappa shape index (κ3) is 3.82. The minimum Gasteiger partial charge on any atom is -0.464 e. The van der Waals surface area contributed by atoms with E-state index >= 15 is 0 Å². The number of carbonyl (C=O) groups is 1. The fourth-order valence-electron chi connectivity index (χ4n) is 3.75. The molecule has 4 nitrogen and oxygen atoms in total. The molecule has 3 aromatic rings. The highest BCUT2D eigenvalue weighted by Crippen LogP contribution is 2.28. The molecule has 1 aromatic heterocycles. The van der Waals surface area contributed by atoms with E-state index in [4.69, 9.17) is 16.0 Å². The summed E-state index contributed by atoms with van der Waals surface area (Å²) in [6, 6.07) is 15.0. The average Bonchev–Trinajstić information content (AvgIpc) is 3.16. The van der Waals surface area contributed by atoms with E-state index in [1.165, 1.54) is 17.9 Å². The minimum absolute atomic E-state index is 0.0479. The van der Waals surface area contributed by atoms with E-state index in [0.717, 1.165) is 19.5 Å². The van der Waals surface area contributed by atoms with Crippen LogP contribution in [0.1, 0.15) is 34.7 Å². The van der Waals surface area contributed by atoms with Gasteiger partial charge in [-0.15, -0.1) is 0 Å². The van der Waals surface area contributed by atoms with Gasteiger partial charge in [-0.1, -0.05) is 41.9 Å². The molecule has 1 saturated heterocycles. The molecule has 0 N–H and O–H groups in total. The number of halogens is 1. The molecule has 1 aliphatic heterocycles. The van der Waals surface area contributed by atoms with Gasteiger partial charge in [0, 0.05) is 37.2 Å². The van der Waals surface area contributed by atoms with Crippen LogP contribution in [0.5, 0.6) is 0 Å². The van der Waals surface area contributed by atoms with Gasteiger partial charge in [-0.05, 0) is 30.5 Å². The van der Waals surface area contributed by atoms with Crippen molar-refractivity contribution in [3.63, 3.8) is 0 Å². The number of fused-ring (bicyclic) bond motifs is 1.